The fourth-order valence-corrected chi connectivity index (χ4v) is 4.04. The first-order valence-electron chi connectivity index (χ1n) is 13.8. The summed E-state index contributed by atoms with van der Waals surface area (Å²) < 4.78 is 0. The van der Waals surface area contributed by atoms with E-state index in [0.717, 1.165) is 5.56 Å². The average molecular weight is 563 g/mol. The number of nitrogens with one attached hydrogen (secondary N) is 4. The minimum absolute atomic E-state index is 0.0129. The number of benzene rings is 1. The molecule has 0 heterocycles. The lowest BCUT2D eigenvalue weighted by atomic mass is 9.99. The maximum Gasteiger partial charge on any atom is 0.322 e. The van der Waals surface area contributed by atoms with Crippen molar-refractivity contribution in [3.8, 4) is 0 Å². The third kappa shape index (κ3) is 13.0. The fraction of sp³-hybridized carbons (Fsp3) is 0.607. The Balaban J connectivity index is 3.01. The molecule has 224 valence electrons. The standard InChI is InChI=1S/C28H46N6O6/c1-17(2)14-22(27(39)34-24(18(3)4)28(40)31-16-23(35)36)33-26(38)21(12-8-9-13-29)32-25(37)20(30)15-19-10-6-5-7-11-19/h5-7,10-11,17-18,20-22,24H,8-9,12-16,29-30H2,1-4H3,(H,31,40)(H,32,37)(H,33,38)(H,34,39)(H,35,36)/t20-,21-,22-,24-/m0/s1. The maximum absolute atomic E-state index is 13.4. The number of aliphatic carboxylic acids is 1. The van der Waals surface area contributed by atoms with Gasteiger partial charge in [-0.2, -0.15) is 0 Å². The van der Waals surface area contributed by atoms with Gasteiger partial charge in [0, 0.05) is 0 Å². The van der Waals surface area contributed by atoms with E-state index in [2.05, 4.69) is 21.3 Å². The van der Waals surface area contributed by atoms with E-state index < -0.39 is 60.3 Å². The molecule has 1 aromatic carbocycles. The Morgan fingerprint density at radius 2 is 1.43 bits per heavy atom. The van der Waals surface area contributed by atoms with Crippen molar-refractivity contribution < 1.29 is 29.1 Å². The van der Waals surface area contributed by atoms with Crippen LogP contribution in [-0.2, 0) is 30.4 Å². The van der Waals surface area contributed by atoms with Crippen molar-refractivity contribution in [2.45, 2.75) is 84.0 Å². The van der Waals surface area contributed by atoms with Crippen LogP contribution in [0.25, 0.3) is 0 Å². The zero-order chi connectivity index (χ0) is 30.2. The minimum Gasteiger partial charge on any atom is -0.480 e. The largest absolute Gasteiger partial charge is 0.480 e. The summed E-state index contributed by atoms with van der Waals surface area (Å²) in [6, 6.07) is 5.47. The normalized spacial score (nSPS) is 14.1. The van der Waals surface area contributed by atoms with E-state index in [0.29, 0.717) is 32.2 Å². The van der Waals surface area contributed by atoms with E-state index in [9.17, 15) is 24.0 Å². The summed E-state index contributed by atoms with van der Waals surface area (Å²) in [5, 5.41) is 19.2. The van der Waals surface area contributed by atoms with Crippen molar-refractivity contribution in [1.82, 2.24) is 21.3 Å². The topological polar surface area (TPSA) is 206 Å². The van der Waals surface area contributed by atoms with Gasteiger partial charge < -0.3 is 37.8 Å². The highest BCUT2D eigenvalue weighted by Crippen LogP contribution is 2.10. The Morgan fingerprint density at radius 3 is 1.98 bits per heavy atom. The second kappa shape index (κ2) is 18.0. The monoisotopic (exact) mass is 562 g/mol. The van der Waals surface area contributed by atoms with Gasteiger partial charge in [-0.15, -0.1) is 0 Å². The van der Waals surface area contributed by atoms with E-state index in [4.69, 9.17) is 16.6 Å². The van der Waals surface area contributed by atoms with Crippen molar-refractivity contribution in [3.63, 3.8) is 0 Å². The molecule has 9 N–H and O–H groups in total. The maximum atomic E-state index is 13.4. The number of carboxylic acid groups (broad SMARTS) is 1. The van der Waals surface area contributed by atoms with Crippen LogP contribution in [0.2, 0.25) is 0 Å². The molecule has 4 atom stereocenters. The molecule has 0 aliphatic heterocycles. The van der Waals surface area contributed by atoms with Crippen molar-refractivity contribution in [3.05, 3.63) is 35.9 Å². The Kier molecular flexibility index (Phi) is 15.5. The summed E-state index contributed by atoms with van der Waals surface area (Å²) in [6.45, 7) is 7.03. The highest BCUT2D eigenvalue weighted by molar-refractivity contribution is 5.95. The summed E-state index contributed by atoms with van der Waals surface area (Å²) in [5.74, 6) is -3.80. The number of rotatable bonds is 18. The second-order valence-corrected chi connectivity index (χ2v) is 10.7. The SMILES string of the molecule is CC(C)C[C@H](NC(=O)[C@H](CCCCN)NC(=O)[C@@H](N)Cc1ccccc1)C(=O)N[C@H](C(=O)NCC(=O)O)C(C)C. The molecule has 0 spiro atoms. The van der Waals surface area contributed by atoms with E-state index in [1.807, 2.05) is 44.2 Å². The molecule has 0 saturated carbocycles. The minimum atomic E-state index is -1.21. The third-order valence-electron chi connectivity index (χ3n) is 6.22. The predicted octanol–water partition coefficient (Wildman–Crippen LogP) is 0.0427. The quantitative estimate of drug-likeness (QED) is 0.121. The first-order valence-corrected chi connectivity index (χ1v) is 13.8. The van der Waals surface area contributed by atoms with E-state index in [-0.39, 0.29) is 18.3 Å². The predicted molar refractivity (Wildman–Crippen MR) is 152 cm³/mol. The molecule has 1 aromatic rings. The fourth-order valence-electron chi connectivity index (χ4n) is 4.04. The highest BCUT2D eigenvalue weighted by atomic mass is 16.4. The van der Waals surface area contributed by atoms with Gasteiger partial charge in [0.05, 0.1) is 6.04 Å². The Bertz CT molecular complexity index is 971. The second-order valence-electron chi connectivity index (χ2n) is 10.7. The number of amides is 4. The zero-order valence-electron chi connectivity index (χ0n) is 23.9. The molecule has 0 aliphatic carbocycles. The zero-order valence-corrected chi connectivity index (χ0v) is 23.9. The summed E-state index contributed by atoms with van der Waals surface area (Å²) in [5.41, 5.74) is 12.6. The lowest BCUT2D eigenvalue weighted by molar-refractivity contribution is -0.139. The number of nitrogens with two attached hydrogens (primary N) is 2. The van der Waals surface area contributed by atoms with E-state index in [1.165, 1.54) is 0 Å². The smallest absolute Gasteiger partial charge is 0.322 e. The van der Waals surface area contributed by atoms with Crippen LogP contribution < -0.4 is 32.7 Å². The molecule has 0 saturated heterocycles. The average Bonchev–Trinajstić information content (AvgIpc) is 2.89. The van der Waals surface area contributed by atoms with Gasteiger partial charge in [-0.1, -0.05) is 58.0 Å². The summed E-state index contributed by atoms with van der Waals surface area (Å²) in [4.78, 5) is 62.9. The molecule has 0 aromatic heterocycles. The molecular weight excluding hydrogens is 516 g/mol. The lowest BCUT2D eigenvalue weighted by Crippen LogP contribution is -2.59. The molecule has 4 amide bonds. The van der Waals surface area contributed by atoms with Crippen LogP contribution in [0.5, 0.6) is 0 Å². The molecule has 0 unspecified atom stereocenters. The molecule has 1 rings (SSSR count). The highest BCUT2D eigenvalue weighted by Gasteiger charge is 2.31. The van der Waals surface area contributed by atoms with Gasteiger partial charge in [-0.25, -0.2) is 0 Å². The molecule has 40 heavy (non-hydrogen) atoms. The lowest BCUT2D eigenvalue weighted by Gasteiger charge is -2.28. The van der Waals surface area contributed by atoms with Gasteiger partial charge in [0.1, 0.15) is 24.7 Å². The number of carbonyl (C=O) groups excluding carboxylic acids is 4. The van der Waals surface area contributed by atoms with Gasteiger partial charge >= 0.3 is 5.97 Å². The van der Waals surface area contributed by atoms with Gasteiger partial charge in [-0.3, -0.25) is 24.0 Å². The van der Waals surface area contributed by atoms with E-state index >= 15 is 0 Å². The molecule has 0 radical (unpaired) electrons. The van der Waals surface area contributed by atoms with E-state index in [1.54, 1.807) is 13.8 Å². The molecule has 0 fully saturated rings. The number of hydrogen-bond acceptors (Lipinski definition) is 7. The van der Waals surface area contributed by atoms with Crippen molar-refractivity contribution >= 4 is 29.6 Å². The van der Waals surface area contributed by atoms with Crippen LogP contribution in [0.1, 0.15) is 58.9 Å². The van der Waals surface area contributed by atoms with Crippen LogP contribution in [0, 0.1) is 11.8 Å². The van der Waals surface area contributed by atoms with Crippen LogP contribution in [-0.4, -0.2) is 72.0 Å². The number of carboxylic acids is 1. The number of hydrogen-bond donors (Lipinski definition) is 7. The first-order chi connectivity index (χ1) is 18.8. The molecule has 0 bridgehead atoms. The Morgan fingerprint density at radius 1 is 0.825 bits per heavy atom. The van der Waals surface area contributed by atoms with Gasteiger partial charge in [0.25, 0.3) is 0 Å². The van der Waals surface area contributed by atoms with Crippen LogP contribution in [0.15, 0.2) is 30.3 Å². The molecule has 12 heteroatoms. The Hall–Kier alpha value is -3.51. The molecular formula is C28H46N6O6. The van der Waals surface area contributed by atoms with Gasteiger partial charge in [0.15, 0.2) is 0 Å². The van der Waals surface area contributed by atoms with Crippen LogP contribution >= 0.6 is 0 Å². The molecule has 12 nitrogen and oxygen atoms in total. The summed E-state index contributed by atoms with van der Waals surface area (Å²) >= 11 is 0. The van der Waals surface area contributed by atoms with Crippen molar-refractivity contribution in [2.75, 3.05) is 13.1 Å². The van der Waals surface area contributed by atoms with Gasteiger partial charge in [0.2, 0.25) is 23.6 Å². The van der Waals surface area contributed by atoms with Crippen molar-refractivity contribution in [1.29, 1.82) is 0 Å². The third-order valence-corrected chi connectivity index (χ3v) is 6.22. The van der Waals surface area contributed by atoms with Gasteiger partial charge in [-0.05, 0) is 56.0 Å². The van der Waals surface area contributed by atoms with Crippen LogP contribution in [0.3, 0.4) is 0 Å². The number of carbonyl (C=O) groups is 5. The Labute approximate surface area is 236 Å². The number of unbranched alkanes of at least 4 members (excludes halogenated alkanes) is 1. The molecule has 0 aliphatic rings. The summed E-state index contributed by atoms with van der Waals surface area (Å²) in [6.07, 6.45) is 2.09. The van der Waals surface area contributed by atoms with Crippen LogP contribution in [0.4, 0.5) is 0 Å². The summed E-state index contributed by atoms with van der Waals surface area (Å²) in [7, 11) is 0. The van der Waals surface area contributed by atoms with Crippen molar-refractivity contribution in [2.24, 2.45) is 23.3 Å². The first kappa shape index (κ1) is 34.5.